The number of aromatic amines is 1. The lowest BCUT2D eigenvalue weighted by atomic mass is 9.95. The molecule has 22 heavy (non-hydrogen) atoms. The molecule has 2 rings (SSSR count). The summed E-state index contributed by atoms with van der Waals surface area (Å²) in [5.41, 5.74) is -0.787. The Bertz CT molecular complexity index is 664. The first-order valence-corrected chi connectivity index (χ1v) is 7.14. The van der Waals surface area contributed by atoms with Crippen LogP contribution in [0.15, 0.2) is 15.8 Å². The molecule has 1 aromatic rings. The van der Waals surface area contributed by atoms with Gasteiger partial charge in [0.2, 0.25) is 0 Å². The van der Waals surface area contributed by atoms with Gasteiger partial charge in [-0.05, 0) is 13.3 Å². The molecule has 0 amide bonds. The van der Waals surface area contributed by atoms with Gasteiger partial charge in [-0.1, -0.05) is 6.92 Å². The normalized spacial score (nSPS) is 27.8. The summed E-state index contributed by atoms with van der Waals surface area (Å²) in [5, 5.41) is 9.44. The van der Waals surface area contributed by atoms with Crippen LogP contribution < -0.4 is 11.2 Å². The number of nitrogens with zero attached hydrogens (tertiary/aromatic N) is 1. The van der Waals surface area contributed by atoms with Crippen LogP contribution in [-0.2, 0) is 14.3 Å². The Kier molecular flexibility index (Phi) is 4.82. The van der Waals surface area contributed by atoms with E-state index in [1.165, 1.54) is 17.7 Å². The van der Waals surface area contributed by atoms with Gasteiger partial charge in [0.15, 0.2) is 12.3 Å². The summed E-state index contributed by atoms with van der Waals surface area (Å²) in [6.45, 7) is 4.47. The van der Waals surface area contributed by atoms with E-state index in [1.807, 2.05) is 6.92 Å². The number of H-pyrrole nitrogens is 1. The van der Waals surface area contributed by atoms with Gasteiger partial charge < -0.3 is 14.6 Å². The van der Waals surface area contributed by atoms with E-state index >= 15 is 0 Å². The number of hydrogen-bond acceptors (Lipinski definition) is 6. The van der Waals surface area contributed by atoms with Crippen molar-refractivity contribution in [2.75, 3.05) is 6.61 Å². The van der Waals surface area contributed by atoms with Crippen LogP contribution in [0.1, 0.15) is 32.1 Å². The molecule has 0 aliphatic carbocycles. The second-order valence-corrected chi connectivity index (χ2v) is 5.37. The summed E-state index contributed by atoms with van der Waals surface area (Å²) in [5.74, 6) is -0.733. The Hall–Kier alpha value is -1.93. The van der Waals surface area contributed by atoms with Crippen molar-refractivity contribution in [3.8, 4) is 0 Å². The molecule has 1 fully saturated rings. The average Bonchev–Trinajstić information content (AvgIpc) is 2.79. The maximum absolute atomic E-state index is 12.0. The number of carbonyl (C=O) groups is 1. The Morgan fingerprint density at radius 1 is 1.50 bits per heavy atom. The van der Waals surface area contributed by atoms with E-state index in [0.717, 1.165) is 0 Å². The molecule has 0 radical (unpaired) electrons. The maximum Gasteiger partial charge on any atom is 0.330 e. The molecular weight excluding hydrogens is 292 g/mol. The fourth-order valence-electron chi connectivity index (χ4n) is 2.79. The molecule has 1 aromatic heterocycles. The molecule has 4 atom stereocenters. The summed E-state index contributed by atoms with van der Waals surface area (Å²) in [4.78, 5) is 37.0. The first-order valence-electron chi connectivity index (χ1n) is 7.14. The summed E-state index contributed by atoms with van der Waals surface area (Å²) < 4.78 is 12.2. The quantitative estimate of drug-likeness (QED) is 0.738. The lowest BCUT2D eigenvalue weighted by Crippen LogP contribution is -2.38. The van der Waals surface area contributed by atoms with E-state index in [2.05, 4.69) is 4.98 Å². The Morgan fingerprint density at radius 2 is 2.18 bits per heavy atom. The number of nitrogens with one attached hydrogen (secondary N) is 1. The highest BCUT2D eigenvalue weighted by Gasteiger charge is 2.46. The molecular formula is C14H20N2O6. The van der Waals surface area contributed by atoms with Gasteiger partial charge in [-0.15, -0.1) is 0 Å². The molecule has 8 nitrogen and oxygen atoms in total. The van der Waals surface area contributed by atoms with Crippen LogP contribution in [0, 0.1) is 12.8 Å². The largest absolute Gasteiger partial charge is 0.457 e. The number of aromatic nitrogens is 2. The predicted octanol–water partition coefficient (Wildman–Crippen LogP) is -0.307. The zero-order chi connectivity index (χ0) is 16.4. The molecule has 8 heteroatoms. The van der Waals surface area contributed by atoms with Crippen molar-refractivity contribution < 1.29 is 19.4 Å². The minimum Gasteiger partial charge on any atom is -0.457 e. The molecule has 0 bridgehead atoms. The highest BCUT2D eigenvalue weighted by atomic mass is 16.6. The van der Waals surface area contributed by atoms with Crippen molar-refractivity contribution in [1.29, 1.82) is 0 Å². The lowest BCUT2D eigenvalue weighted by molar-refractivity contribution is -0.154. The van der Waals surface area contributed by atoms with E-state index in [4.69, 9.17) is 9.47 Å². The number of rotatable bonds is 4. The van der Waals surface area contributed by atoms with E-state index in [-0.39, 0.29) is 12.5 Å². The minimum absolute atomic E-state index is 0.238. The number of esters is 1. The van der Waals surface area contributed by atoms with Gasteiger partial charge in [-0.25, -0.2) is 4.79 Å². The Morgan fingerprint density at radius 3 is 2.73 bits per heavy atom. The van der Waals surface area contributed by atoms with Crippen LogP contribution in [-0.4, -0.2) is 39.4 Å². The van der Waals surface area contributed by atoms with E-state index in [9.17, 15) is 19.5 Å². The summed E-state index contributed by atoms with van der Waals surface area (Å²) in [6.07, 6.45) is -0.152. The van der Waals surface area contributed by atoms with Crippen molar-refractivity contribution in [2.24, 2.45) is 5.92 Å². The SMILES string of the molecule is CC[C@H]1[C@@H](OC(C)=O)[C@H](n2cc(C)c(=O)[nH]c2=O)O[C@@H]1CO. The number of aliphatic hydroxyl groups excluding tert-OH is 1. The van der Waals surface area contributed by atoms with Crippen molar-refractivity contribution in [1.82, 2.24) is 9.55 Å². The molecule has 1 aliphatic heterocycles. The summed E-state index contributed by atoms with van der Waals surface area (Å²) >= 11 is 0. The van der Waals surface area contributed by atoms with Gasteiger partial charge in [0.05, 0.1) is 12.7 Å². The Labute approximate surface area is 126 Å². The fraction of sp³-hybridized carbons (Fsp3) is 0.643. The lowest BCUT2D eigenvalue weighted by Gasteiger charge is -2.23. The maximum atomic E-state index is 12.0. The molecule has 1 aliphatic rings. The Balaban J connectivity index is 2.47. The van der Waals surface area contributed by atoms with Gasteiger partial charge >= 0.3 is 11.7 Å². The van der Waals surface area contributed by atoms with Crippen molar-refractivity contribution in [3.63, 3.8) is 0 Å². The number of aliphatic hydroxyl groups is 1. The highest BCUT2D eigenvalue weighted by Crippen LogP contribution is 2.37. The predicted molar refractivity (Wildman–Crippen MR) is 76.4 cm³/mol. The van der Waals surface area contributed by atoms with Crippen LogP contribution in [0.3, 0.4) is 0 Å². The van der Waals surface area contributed by atoms with Crippen LogP contribution in [0.25, 0.3) is 0 Å². The third-order valence-electron chi connectivity index (χ3n) is 3.87. The van der Waals surface area contributed by atoms with Gasteiger partial charge in [0.1, 0.15) is 0 Å². The summed E-state index contributed by atoms with van der Waals surface area (Å²) in [6, 6.07) is 0. The smallest absolute Gasteiger partial charge is 0.330 e. The zero-order valence-corrected chi connectivity index (χ0v) is 12.7. The van der Waals surface area contributed by atoms with Crippen LogP contribution >= 0.6 is 0 Å². The van der Waals surface area contributed by atoms with Gasteiger partial charge in [-0.3, -0.25) is 19.1 Å². The van der Waals surface area contributed by atoms with Gasteiger partial charge in [0.25, 0.3) is 5.56 Å². The second-order valence-electron chi connectivity index (χ2n) is 5.37. The molecule has 0 spiro atoms. The first-order chi connectivity index (χ1) is 10.4. The van der Waals surface area contributed by atoms with Crippen LogP contribution in [0.2, 0.25) is 0 Å². The van der Waals surface area contributed by atoms with E-state index in [1.54, 1.807) is 6.92 Å². The van der Waals surface area contributed by atoms with Gasteiger partial charge in [0, 0.05) is 24.6 Å². The minimum atomic E-state index is -0.881. The van der Waals surface area contributed by atoms with Crippen LogP contribution in [0.5, 0.6) is 0 Å². The number of aryl methyl sites for hydroxylation is 1. The summed E-state index contributed by atoms with van der Waals surface area (Å²) in [7, 11) is 0. The standard InChI is InChI=1S/C14H20N2O6/c1-4-9-10(6-17)22-13(11(9)21-8(3)18)16-5-7(2)12(19)15-14(16)20/h5,9-11,13,17H,4,6H2,1-3H3,(H,15,19,20)/t9-,10-,11-,13-/m1/s1. The van der Waals surface area contributed by atoms with Gasteiger partial charge in [-0.2, -0.15) is 0 Å². The number of hydrogen-bond donors (Lipinski definition) is 2. The van der Waals surface area contributed by atoms with Crippen molar-refractivity contribution in [2.45, 2.75) is 45.6 Å². The monoisotopic (exact) mass is 312 g/mol. The van der Waals surface area contributed by atoms with Crippen molar-refractivity contribution >= 4 is 5.97 Å². The molecule has 2 heterocycles. The zero-order valence-electron chi connectivity index (χ0n) is 12.7. The first kappa shape index (κ1) is 16.4. The third-order valence-corrected chi connectivity index (χ3v) is 3.87. The third kappa shape index (κ3) is 2.97. The van der Waals surface area contributed by atoms with E-state index in [0.29, 0.717) is 12.0 Å². The molecule has 0 unspecified atom stereocenters. The molecule has 0 saturated carbocycles. The number of ether oxygens (including phenoxy) is 2. The molecule has 122 valence electrons. The average molecular weight is 312 g/mol. The molecule has 1 saturated heterocycles. The topological polar surface area (TPSA) is 111 Å². The highest BCUT2D eigenvalue weighted by molar-refractivity contribution is 5.66. The molecule has 2 N–H and O–H groups in total. The second kappa shape index (κ2) is 6.45. The fourth-order valence-corrected chi connectivity index (χ4v) is 2.79. The number of carbonyl (C=O) groups excluding carboxylic acids is 1. The van der Waals surface area contributed by atoms with Crippen LogP contribution in [0.4, 0.5) is 0 Å². The van der Waals surface area contributed by atoms with E-state index < -0.39 is 35.7 Å². The molecule has 0 aromatic carbocycles. The van der Waals surface area contributed by atoms with Crippen molar-refractivity contribution in [3.05, 3.63) is 32.6 Å².